The Labute approximate surface area is 146 Å². The molecule has 0 atom stereocenters. The van der Waals surface area contributed by atoms with Crippen molar-refractivity contribution >= 4 is 34.4 Å². The molecule has 0 fully saturated rings. The van der Waals surface area contributed by atoms with Crippen LogP contribution < -0.4 is 10.6 Å². The zero-order valence-corrected chi connectivity index (χ0v) is 14.4. The van der Waals surface area contributed by atoms with Gasteiger partial charge in [0.25, 0.3) is 0 Å². The Bertz CT molecular complexity index is 780. The highest BCUT2D eigenvalue weighted by Crippen LogP contribution is 2.20. The fourth-order valence-corrected chi connectivity index (χ4v) is 2.45. The molecule has 0 aliphatic heterocycles. The standard InChI is InChI=1S/C18H23N3O4/c1-12(2)3-6-16(22)19-10-17(23)20-14-4-5-15-13(9-14)7-8-21(15)11-18(24)25/h4-5,7-9,12H,3,6,10-11H2,1-2H3,(H,19,22)(H,20,23)(H,24,25). The Kier molecular flexibility index (Phi) is 6.16. The molecule has 3 N–H and O–H groups in total. The fraction of sp³-hybridized carbons (Fsp3) is 0.389. The van der Waals surface area contributed by atoms with Crippen molar-refractivity contribution in [3.05, 3.63) is 30.5 Å². The zero-order valence-electron chi connectivity index (χ0n) is 14.4. The number of benzene rings is 1. The Morgan fingerprint density at radius 3 is 2.60 bits per heavy atom. The second-order valence-electron chi connectivity index (χ2n) is 6.37. The van der Waals surface area contributed by atoms with Crippen molar-refractivity contribution in [3.63, 3.8) is 0 Å². The molecule has 25 heavy (non-hydrogen) atoms. The van der Waals surface area contributed by atoms with E-state index in [2.05, 4.69) is 10.6 Å². The van der Waals surface area contributed by atoms with Crippen LogP contribution in [0.4, 0.5) is 5.69 Å². The predicted molar refractivity (Wildman–Crippen MR) is 95.3 cm³/mol. The minimum atomic E-state index is -0.914. The van der Waals surface area contributed by atoms with Crippen LogP contribution in [0.25, 0.3) is 10.9 Å². The molecule has 1 aromatic heterocycles. The molecule has 0 unspecified atom stereocenters. The van der Waals surface area contributed by atoms with Crippen LogP contribution in [0.15, 0.2) is 30.5 Å². The average Bonchev–Trinajstić information content (AvgIpc) is 2.92. The van der Waals surface area contributed by atoms with Gasteiger partial charge in [-0.05, 0) is 36.6 Å². The van der Waals surface area contributed by atoms with E-state index in [1.807, 2.05) is 13.8 Å². The third kappa shape index (κ3) is 5.63. The van der Waals surface area contributed by atoms with Crippen molar-refractivity contribution in [2.45, 2.75) is 33.2 Å². The van der Waals surface area contributed by atoms with Gasteiger partial charge >= 0.3 is 5.97 Å². The Balaban J connectivity index is 1.90. The van der Waals surface area contributed by atoms with Crippen LogP contribution in [0.5, 0.6) is 0 Å². The lowest BCUT2D eigenvalue weighted by molar-refractivity contribution is -0.137. The van der Waals surface area contributed by atoms with Gasteiger partial charge < -0.3 is 20.3 Å². The first-order valence-electron chi connectivity index (χ1n) is 8.22. The Morgan fingerprint density at radius 1 is 1.16 bits per heavy atom. The summed E-state index contributed by atoms with van der Waals surface area (Å²) in [6.45, 7) is 3.90. The van der Waals surface area contributed by atoms with E-state index in [0.717, 1.165) is 17.3 Å². The van der Waals surface area contributed by atoms with Crippen LogP contribution in [0.1, 0.15) is 26.7 Å². The van der Waals surface area contributed by atoms with Crippen LogP contribution in [-0.2, 0) is 20.9 Å². The van der Waals surface area contributed by atoms with Gasteiger partial charge in [0.1, 0.15) is 6.54 Å². The van der Waals surface area contributed by atoms with E-state index in [9.17, 15) is 14.4 Å². The first-order valence-corrected chi connectivity index (χ1v) is 8.22. The molecule has 7 nitrogen and oxygen atoms in total. The number of nitrogens with one attached hydrogen (secondary N) is 2. The van der Waals surface area contributed by atoms with Crippen molar-refractivity contribution in [2.75, 3.05) is 11.9 Å². The lowest BCUT2D eigenvalue weighted by Gasteiger charge is -2.08. The van der Waals surface area contributed by atoms with Gasteiger partial charge in [0, 0.05) is 29.2 Å². The zero-order chi connectivity index (χ0) is 18.4. The third-order valence-electron chi connectivity index (χ3n) is 3.76. The van der Waals surface area contributed by atoms with Crippen LogP contribution in [-0.4, -0.2) is 34.0 Å². The number of aromatic nitrogens is 1. The maximum atomic E-state index is 11.9. The number of nitrogens with zero attached hydrogens (tertiary/aromatic N) is 1. The second-order valence-corrected chi connectivity index (χ2v) is 6.37. The predicted octanol–water partition coefficient (Wildman–Crippen LogP) is 2.22. The van der Waals surface area contributed by atoms with Gasteiger partial charge in [-0.3, -0.25) is 14.4 Å². The molecule has 0 aliphatic rings. The number of rotatable bonds is 8. The molecule has 0 bridgehead atoms. The number of fused-ring (bicyclic) bond motifs is 1. The number of carbonyl (C=O) groups excluding carboxylic acids is 2. The van der Waals surface area contributed by atoms with Crippen molar-refractivity contribution in [3.8, 4) is 0 Å². The van der Waals surface area contributed by atoms with Gasteiger partial charge in [-0.2, -0.15) is 0 Å². The van der Waals surface area contributed by atoms with Gasteiger partial charge in [0.15, 0.2) is 0 Å². The summed E-state index contributed by atoms with van der Waals surface area (Å²) in [5.41, 5.74) is 1.38. The van der Waals surface area contributed by atoms with E-state index in [4.69, 9.17) is 5.11 Å². The summed E-state index contributed by atoms with van der Waals surface area (Å²) in [6.07, 6.45) is 2.89. The molecule has 2 amide bonds. The molecular formula is C18H23N3O4. The smallest absolute Gasteiger partial charge is 0.323 e. The lowest BCUT2D eigenvalue weighted by Crippen LogP contribution is -2.32. The van der Waals surface area contributed by atoms with Gasteiger partial charge in [0.2, 0.25) is 11.8 Å². The molecule has 0 aliphatic carbocycles. The summed E-state index contributed by atoms with van der Waals surface area (Å²) in [5, 5.41) is 15.0. The number of amides is 2. The van der Waals surface area contributed by atoms with Crippen molar-refractivity contribution in [1.82, 2.24) is 9.88 Å². The number of hydrogen-bond acceptors (Lipinski definition) is 3. The quantitative estimate of drug-likeness (QED) is 0.683. The Hall–Kier alpha value is -2.83. The van der Waals surface area contributed by atoms with Crippen molar-refractivity contribution in [1.29, 1.82) is 0 Å². The van der Waals surface area contributed by atoms with Crippen LogP contribution in [0, 0.1) is 5.92 Å². The largest absolute Gasteiger partial charge is 0.480 e. The maximum absolute atomic E-state index is 11.9. The highest BCUT2D eigenvalue weighted by molar-refractivity contribution is 5.96. The van der Waals surface area contributed by atoms with Gasteiger partial charge in [-0.25, -0.2) is 0 Å². The molecule has 0 radical (unpaired) electrons. The molecule has 1 aromatic carbocycles. The van der Waals surface area contributed by atoms with E-state index in [-0.39, 0.29) is 24.9 Å². The monoisotopic (exact) mass is 345 g/mol. The lowest BCUT2D eigenvalue weighted by atomic mass is 10.1. The van der Waals surface area contributed by atoms with Crippen LogP contribution in [0.2, 0.25) is 0 Å². The van der Waals surface area contributed by atoms with Gasteiger partial charge in [0.05, 0.1) is 6.54 Å². The fourth-order valence-electron chi connectivity index (χ4n) is 2.45. The topological polar surface area (TPSA) is 100 Å². The summed E-state index contributed by atoms with van der Waals surface area (Å²) < 4.78 is 1.62. The highest BCUT2D eigenvalue weighted by Gasteiger charge is 2.09. The van der Waals surface area contributed by atoms with E-state index >= 15 is 0 Å². The summed E-state index contributed by atoms with van der Waals surface area (Å²) in [5.74, 6) is -0.907. The molecular weight excluding hydrogens is 322 g/mol. The SMILES string of the molecule is CC(C)CCC(=O)NCC(=O)Nc1ccc2c(ccn2CC(=O)O)c1. The number of anilines is 1. The van der Waals surface area contributed by atoms with E-state index < -0.39 is 5.97 Å². The van der Waals surface area contributed by atoms with Crippen molar-refractivity contribution in [2.24, 2.45) is 5.92 Å². The minimum absolute atomic E-state index is 0.0744. The number of carboxylic acid groups (broad SMARTS) is 1. The van der Waals surface area contributed by atoms with Crippen molar-refractivity contribution < 1.29 is 19.5 Å². The number of hydrogen-bond donors (Lipinski definition) is 3. The molecule has 134 valence electrons. The molecule has 0 saturated carbocycles. The summed E-state index contributed by atoms with van der Waals surface area (Å²) in [6, 6.07) is 7.03. The first-order chi connectivity index (χ1) is 11.8. The number of carboxylic acids is 1. The summed E-state index contributed by atoms with van der Waals surface area (Å²) in [4.78, 5) is 34.4. The first kappa shape index (κ1) is 18.5. The van der Waals surface area contributed by atoms with Crippen LogP contribution >= 0.6 is 0 Å². The molecule has 2 rings (SSSR count). The highest BCUT2D eigenvalue weighted by atomic mass is 16.4. The summed E-state index contributed by atoms with van der Waals surface area (Å²) in [7, 11) is 0. The minimum Gasteiger partial charge on any atom is -0.480 e. The third-order valence-corrected chi connectivity index (χ3v) is 3.76. The maximum Gasteiger partial charge on any atom is 0.323 e. The molecule has 0 spiro atoms. The van der Waals surface area contributed by atoms with Crippen LogP contribution in [0.3, 0.4) is 0 Å². The molecule has 1 heterocycles. The second kappa shape index (κ2) is 8.32. The van der Waals surface area contributed by atoms with E-state index in [0.29, 0.717) is 18.0 Å². The molecule has 0 saturated heterocycles. The summed E-state index contributed by atoms with van der Waals surface area (Å²) >= 11 is 0. The van der Waals surface area contributed by atoms with E-state index in [1.165, 1.54) is 0 Å². The van der Waals surface area contributed by atoms with Gasteiger partial charge in [-0.1, -0.05) is 13.8 Å². The number of aliphatic carboxylic acids is 1. The number of carbonyl (C=O) groups is 3. The average molecular weight is 345 g/mol. The Morgan fingerprint density at radius 2 is 1.92 bits per heavy atom. The molecule has 2 aromatic rings. The van der Waals surface area contributed by atoms with E-state index in [1.54, 1.807) is 35.0 Å². The van der Waals surface area contributed by atoms with Gasteiger partial charge in [-0.15, -0.1) is 0 Å². The molecule has 7 heteroatoms. The normalized spacial score (nSPS) is 10.8.